The van der Waals surface area contributed by atoms with Crippen molar-refractivity contribution in [3.8, 4) is 0 Å². The molecule has 21 heavy (non-hydrogen) atoms. The van der Waals surface area contributed by atoms with Crippen molar-refractivity contribution in [1.29, 1.82) is 0 Å². The van der Waals surface area contributed by atoms with E-state index < -0.39 is 0 Å². The summed E-state index contributed by atoms with van der Waals surface area (Å²) in [6, 6.07) is 6.65. The van der Waals surface area contributed by atoms with Crippen molar-refractivity contribution < 1.29 is 9.53 Å². The molecule has 4 heteroatoms. The van der Waals surface area contributed by atoms with Gasteiger partial charge in [0.1, 0.15) is 0 Å². The van der Waals surface area contributed by atoms with E-state index in [1.807, 2.05) is 0 Å². The van der Waals surface area contributed by atoms with Gasteiger partial charge in [-0.15, -0.1) is 0 Å². The van der Waals surface area contributed by atoms with Crippen molar-refractivity contribution in [1.82, 2.24) is 10.6 Å². The van der Waals surface area contributed by atoms with Crippen LogP contribution in [0.5, 0.6) is 0 Å². The van der Waals surface area contributed by atoms with Crippen molar-refractivity contribution in [2.45, 2.75) is 32.2 Å². The highest BCUT2D eigenvalue weighted by molar-refractivity contribution is 5.96. The number of benzene rings is 1. The Balaban J connectivity index is 1.88. The summed E-state index contributed by atoms with van der Waals surface area (Å²) in [7, 11) is 0. The Hall–Kier alpha value is -1.39. The number of carbonyl (C=O) groups is 1. The maximum atomic E-state index is 12.0. The molecule has 2 unspecified atom stereocenters. The average Bonchev–Trinajstić information content (AvgIpc) is 2.54. The van der Waals surface area contributed by atoms with Crippen LogP contribution in [-0.2, 0) is 11.2 Å². The molecule has 2 atom stereocenters. The molecule has 0 aliphatic carbocycles. The predicted molar refractivity (Wildman–Crippen MR) is 82.4 cm³/mol. The number of hydrogen-bond donors (Lipinski definition) is 2. The number of nitrogens with one attached hydrogen (secondary N) is 2. The molecule has 3 rings (SSSR count). The molecule has 2 aliphatic rings. The number of amides is 1. The SMILES string of the molecule is CCNC(c1ccc2c(c1)C(=O)NCC2)C1CCCOC1. The van der Waals surface area contributed by atoms with Crippen molar-refractivity contribution in [3.05, 3.63) is 34.9 Å². The smallest absolute Gasteiger partial charge is 0.251 e. The number of hydrogen-bond acceptors (Lipinski definition) is 3. The average molecular weight is 288 g/mol. The van der Waals surface area contributed by atoms with Crippen LogP contribution in [0, 0.1) is 5.92 Å². The first-order valence-corrected chi connectivity index (χ1v) is 8.01. The Morgan fingerprint density at radius 1 is 1.48 bits per heavy atom. The second-order valence-corrected chi connectivity index (χ2v) is 5.94. The third-order valence-electron chi connectivity index (χ3n) is 4.51. The third kappa shape index (κ3) is 3.11. The Bertz CT molecular complexity index is 510. The highest BCUT2D eigenvalue weighted by Crippen LogP contribution is 2.30. The molecule has 2 heterocycles. The summed E-state index contributed by atoms with van der Waals surface area (Å²) in [5.41, 5.74) is 3.22. The van der Waals surface area contributed by atoms with Crippen LogP contribution in [0.25, 0.3) is 0 Å². The van der Waals surface area contributed by atoms with Gasteiger partial charge in [0.2, 0.25) is 0 Å². The van der Waals surface area contributed by atoms with Gasteiger partial charge >= 0.3 is 0 Å². The van der Waals surface area contributed by atoms with Crippen LogP contribution in [0.2, 0.25) is 0 Å². The van der Waals surface area contributed by atoms with Crippen LogP contribution in [0.3, 0.4) is 0 Å². The largest absolute Gasteiger partial charge is 0.381 e. The number of ether oxygens (including phenoxy) is 1. The molecule has 1 fully saturated rings. The molecule has 1 saturated heterocycles. The van der Waals surface area contributed by atoms with Gasteiger partial charge in [-0.3, -0.25) is 4.79 Å². The summed E-state index contributed by atoms with van der Waals surface area (Å²) in [5.74, 6) is 0.552. The summed E-state index contributed by atoms with van der Waals surface area (Å²) in [4.78, 5) is 12.0. The molecule has 0 saturated carbocycles. The van der Waals surface area contributed by atoms with Crippen LogP contribution in [0.4, 0.5) is 0 Å². The zero-order valence-corrected chi connectivity index (χ0v) is 12.7. The van der Waals surface area contributed by atoms with E-state index in [-0.39, 0.29) is 11.9 Å². The number of rotatable bonds is 4. The molecule has 0 bridgehead atoms. The predicted octanol–water partition coefficient (Wildman–Crippen LogP) is 2.05. The van der Waals surface area contributed by atoms with Gasteiger partial charge in [0.05, 0.1) is 6.61 Å². The Morgan fingerprint density at radius 3 is 3.14 bits per heavy atom. The molecule has 1 aromatic carbocycles. The first-order valence-electron chi connectivity index (χ1n) is 8.01. The highest BCUT2D eigenvalue weighted by atomic mass is 16.5. The maximum absolute atomic E-state index is 12.0. The molecule has 1 amide bonds. The van der Waals surface area contributed by atoms with Crippen LogP contribution in [0.1, 0.15) is 47.3 Å². The summed E-state index contributed by atoms with van der Waals surface area (Å²) in [5, 5.41) is 6.51. The second kappa shape index (κ2) is 6.58. The monoisotopic (exact) mass is 288 g/mol. The van der Waals surface area contributed by atoms with E-state index in [1.54, 1.807) is 0 Å². The first-order chi connectivity index (χ1) is 10.3. The number of fused-ring (bicyclic) bond motifs is 1. The maximum Gasteiger partial charge on any atom is 0.251 e. The van der Waals surface area contributed by atoms with E-state index in [2.05, 4.69) is 35.8 Å². The van der Waals surface area contributed by atoms with E-state index in [4.69, 9.17) is 4.74 Å². The molecular weight excluding hydrogens is 264 g/mol. The van der Waals surface area contributed by atoms with E-state index in [0.717, 1.165) is 50.3 Å². The second-order valence-electron chi connectivity index (χ2n) is 5.94. The molecule has 2 N–H and O–H groups in total. The lowest BCUT2D eigenvalue weighted by Gasteiger charge is -2.32. The quantitative estimate of drug-likeness (QED) is 0.891. The minimum atomic E-state index is 0.0632. The first kappa shape index (κ1) is 14.5. The van der Waals surface area contributed by atoms with Crippen molar-refractivity contribution in [2.75, 3.05) is 26.3 Å². The molecular formula is C17H24N2O2. The van der Waals surface area contributed by atoms with Crippen molar-refractivity contribution >= 4 is 5.91 Å². The molecule has 0 aromatic heterocycles. The fraction of sp³-hybridized carbons (Fsp3) is 0.588. The lowest BCUT2D eigenvalue weighted by molar-refractivity contribution is 0.0392. The minimum absolute atomic E-state index is 0.0632. The van der Waals surface area contributed by atoms with Crippen LogP contribution >= 0.6 is 0 Å². The minimum Gasteiger partial charge on any atom is -0.381 e. The third-order valence-corrected chi connectivity index (χ3v) is 4.51. The van der Waals surface area contributed by atoms with E-state index in [1.165, 1.54) is 12.0 Å². The lowest BCUT2D eigenvalue weighted by Crippen LogP contribution is -2.35. The number of carbonyl (C=O) groups excluding carboxylic acids is 1. The summed E-state index contributed by atoms with van der Waals surface area (Å²) >= 11 is 0. The highest BCUT2D eigenvalue weighted by Gasteiger charge is 2.26. The fourth-order valence-electron chi connectivity index (χ4n) is 3.43. The normalized spacial score (nSPS) is 23.3. The van der Waals surface area contributed by atoms with Gasteiger partial charge < -0.3 is 15.4 Å². The van der Waals surface area contributed by atoms with Gasteiger partial charge in [0.15, 0.2) is 0 Å². The molecule has 2 aliphatic heterocycles. The molecule has 0 radical (unpaired) electrons. The van der Waals surface area contributed by atoms with Gasteiger partial charge in [-0.1, -0.05) is 19.1 Å². The summed E-state index contributed by atoms with van der Waals surface area (Å²) in [6.45, 7) is 5.48. The Morgan fingerprint density at radius 2 is 2.38 bits per heavy atom. The topological polar surface area (TPSA) is 50.4 Å². The summed E-state index contributed by atoms with van der Waals surface area (Å²) < 4.78 is 5.65. The molecule has 4 nitrogen and oxygen atoms in total. The molecule has 0 spiro atoms. The Labute approximate surface area is 126 Å². The lowest BCUT2D eigenvalue weighted by atomic mass is 9.86. The van der Waals surface area contributed by atoms with Gasteiger partial charge in [-0.2, -0.15) is 0 Å². The van der Waals surface area contributed by atoms with Gasteiger partial charge in [0, 0.05) is 30.7 Å². The Kier molecular flexibility index (Phi) is 4.56. The van der Waals surface area contributed by atoms with Crippen molar-refractivity contribution in [2.24, 2.45) is 5.92 Å². The van der Waals surface area contributed by atoms with Crippen molar-refractivity contribution in [3.63, 3.8) is 0 Å². The summed E-state index contributed by atoms with van der Waals surface area (Å²) in [6.07, 6.45) is 3.23. The van der Waals surface area contributed by atoms with Crippen LogP contribution < -0.4 is 10.6 Å². The zero-order valence-electron chi connectivity index (χ0n) is 12.7. The van der Waals surface area contributed by atoms with E-state index >= 15 is 0 Å². The van der Waals surface area contributed by atoms with Gasteiger partial charge in [-0.05, 0) is 43.0 Å². The fourth-order valence-corrected chi connectivity index (χ4v) is 3.43. The molecule has 114 valence electrons. The van der Waals surface area contributed by atoms with Crippen LogP contribution in [-0.4, -0.2) is 32.2 Å². The molecule has 1 aromatic rings. The standard InChI is InChI=1S/C17H24N2O2/c1-2-18-16(14-4-3-9-21-11-14)13-6-5-12-7-8-19-17(20)15(12)10-13/h5-6,10,14,16,18H,2-4,7-9,11H2,1H3,(H,19,20). The van der Waals surface area contributed by atoms with Gasteiger partial charge in [0.25, 0.3) is 5.91 Å². The van der Waals surface area contributed by atoms with E-state index in [0.29, 0.717) is 5.92 Å². The zero-order chi connectivity index (χ0) is 14.7. The van der Waals surface area contributed by atoms with Crippen LogP contribution in [0.15, 0.2) is 18.2 Å². The van der Waals surface area contributed by atoms with Gasteiger partial charge in [-0.25, -0.2) is 0 Å². The van der Waals surface area contributed by atoms with E-state index in [9.17, 15) is 4.79 Å².